The summed E-state index contributed by atoms with van der Waals surface area (Å²) < 4.78 is 11.5. The zero-order valence-electron chi connectivity index (χ0n) is 19.1. The molecule has 7 heteroatoms. The minimum atomic E-state index is -1.50. The number of rotatable bonds is 3. The third kappa shape index (κ3) is 2.96. The Labute approximate surface area is 188 Å². The number of carbonyl (C=O) groups is 3. The van der Waals surface area contributed by atoms with Crippen molar-refractivity contribution < 1.29 is 34.1 Å². The van der Waals surface area contributed by atoms with E-state index in [-0.39, 0.29) is 16.7 Å². The van der Waals surface area contributed by atoms with Crippen molar-refractivity contribution in [3.8, 4) is 0 Å². The molecule has 5 rings (SSSR count). The number of Topliss-reactive ketones (excluding diaryl/α,β-unsaturated/α-hetero) is 1. The van der Waals surface area contributed by atoms with Gasteiger partial charge in [0.1, 0.15) is 5.78 Å². The Morgan fingerprint density at radius 2 is 1.56 bits per heavy atom. The highest BCUT2D eigenvalue weighted by molar-refractivity contribution is 5.84. The molecule has 0 aromatic rings. The molecule has 0 aromatic carbocycles. The average molecular weight is 447 g/mol. The van der Waals surface area contributed by atoms with Gasteiger partial charge in [-0.3, -0.25) is 4.79 Å². The van der Waals surface area contributed by atoms with Crippen LogP contribution in [0.4, 0.5) is 0 Å². The number of carbonyl (C=O) groups excluding carboxylic acids is 1. The van der Waals surface area contributed by atoms with Crippen LogP contribution < -0.4 is 0 Å². The molecule has 4 fully saturated rings. The van der Waals surface area contributed by atoms with E-state index in [1.54, 1.807) is 6.92 Å². The van der Waals surface area contributed by atoms with Gasteiger partial charge in [0.05, 0.1) is 0 Å². The molecule has 2 unspecified atom stereocenters. The molecule has 2 N–H and O–H groups in total. The maximum Gasteiger partial charge on any atom is 0.336 e. The summed E-state index contributed by atoms with van der Waals surface area (Å²) in [5.74, 6) is -1.65. The second-order valence-electron chi connectivity index (χ2n) is 11.4. The Balaban J connectivity index is 1.42. The normalized spacial score (nSPS) is 49.7. The Morgan fingerprint density at radius 3 is 2.16 bits per heavy atom. The van der Waals surface area contributed by atoms with Crippen LogP contribution in [0.5, 0.6) is 0 Å². The lowest BCUT2D eigenvalue weighted by Crippen LogP contribution is -2.52. The number of fused-ring (bicyclic) bond motifs is 5. The van der Waals surface area contributed by atoms with Crippen LogP contribution in [0.3, 0.4) is 0 Å². The molecule has 1 spiro atoms. The topological polar surface area (TPSA) is 110 Å². The van der Waals surface area contributed by atoms with E-state index in [4.69, 9.17) is 9.47 Å². The number of carboxylic acids is 2. The van der Waals surface area contributed by atoms with Crippen molar-refractivity contribution in [2.75, 3.05) is 0 Å². The fourth-order valence-electron chi connectivity index (χ4n) is 8.48. The van der Waals surface area contributed by atoms with Crippen LogP contribution in [0.2, 0.25) is 0 Å². The van der Waals surface area contributed by atoms with Gasteiger partial charge in [0.25, 0.3) is 0 Å². The fraction of sp³-hybridized carbons (Fsp3) is 0.800. The molecule has 176 valence electrons. The van der Waals surface area contributed by atoms with Crippen molar-refractivity contribution >= 4 is 17.7 Å². The van der Waals surface area contributed by atoms with Crippen molar-refractivity contribution in [2.24, 2.45) is 34.5 Å². The van der Waals surface area contributed by atoms with Gasteiger partial charge in [0, 0.05) is 12.3 Å². The van der Waals surface area contributed by atoms with E-state index in [0.717, 1.165) is 44.9 Å². The number of ether oxygens (including phenoxy) is 2. The van der Waals surface area contributed by atoms with E-state index in [1.807, 2.05) is 6.08 Å². The first-order valence-corrected chi connectivity index (χ1v) is 12.0. The van der Waals surface area contributed by atoms with E-state index < -0.39 is 29.9 Å². The summed E-state index contributed by atoms with van der Waals surface area (Å²) in [6, 6.07) is 0. The molecule has 1 heterocycles. The molecule has 0 bridgehead atoms. The Hall–Kier alpha value is -1.73. The van der Waals surface area contributed by atoms with E-state index in [1.165, 1.54) is 5.57 Å². The molecule has 1 saturated heterocycles. The summed E-state index contributed by atoms with van der Waals surface area (Å²) in [6.07, 6.45) is 6.43. The highest BCUT2D eigenvalue weighted by Crippen LogP contribution is 2.67. The monoisotopic (exact) mass is 446 g/mol. The van der Waals surface area contributed by atoms with Crippen molar-refractivity contribution in [1.29, 1.82) is 0 Å². The van der Waals surface area contributed by atoms with Gasteiger partial charge in [-0.25, -0.2) is 9.59 Å². The summed E-state index contributed by atoms with van der Waals surface area (Å²) >= 11 is 0. The lowest BCUT2D eigenvalue weighted by molar-refractivity contribution is -0.176. The molecule has 4 aliphatic carbocycles. The number of hydrogen-bond acceptors (Lipinski definition) is 5. The van der Waals surface area contributed by atoms with E-state index in [0.29, 0.717) is 30.0 Å². The standard InChI is InChI=1S/C25H34O7/c1-13(26)16-6-7-17-15-5-4-14-12-25(31-19(21(27)28)20(32-25)22(29)30)11-10-23(14,2)18(15)8-9-24(16,17)3/h12,15-20H,4-11H2,1-3H3,(H,27,28)(H,29,30)/t15-,16+,17-,18-,19?,20?,23-,24+,25?/m0/s1. The average Bonchev–Trinajstić information content (AvgIpc) is 3.27. The van der Waals surface area contributed by atoms with Gasteiger partial charge >= 0.3 is 11.9 Å². The third-order valence-electron chi connectivity index (χ3n) is 10.0. The van der Waals surface area contributed by atoms with Gasteiger partial charge in [0.2, 0.25) is 0 Å². The van der Waals surface area contributed by atoms with Crippen LogP contribution in [0.25, 0.3) is 0 Å². The van der Waals surface area contributed by atoms with Crippen molar-refractivity contribution in [2.45, 2.75) is 90.1 Å². The van der Waals surface area contributed by atoms with E-state index >= 15 is 0 Å². The molecule has 5 aliphatic rings. The van der Waals surface area contributed by atoms with Gasteiger partial charge in [-0.2, -0.15) is 0 Å². The lowest BCUT2D eigenvalue weighted by atomic mass is 9.46. The predicted octanol–water partition coefficient (Wildman–Crippen LogP) is 3.80. The first-order valence-electron chi connectivity index (χ1n) is 12.0. The second kappa shape index (κ2) is 7.13. The smallest absolute Gasteiger partial charge is 0.336 e. The lowest BCUT2D eigenvalue weighted by Gasteiger charge is -2.59. The molecule has 0 radical (unpaired) electrons. The minimum Gasteiger partial charge on any atom is -0.479 e. The van der Waals surface area contributed by atoms with Crippen LogP contribution in [-0.4, -0.2) is 45.9 Å². The van der Waals surface area contributed by atoms with Gasteiger partial charge in [0.15, 0.2) is 18.0 Å². The van der Waals surface area contributed by atoms with Crippen molar-refractivity contribution in [3.05, 3.63) is 11.6 Å². The molecule has 7 nitrogen and oxygen atoms in total. The molecule has 32 heavy (non-hydrogen) atoms. The minimum absolute atomic E-state index is 0.0173. The summed E-state index contributed by atoms with van der Waals surface area (Å²) in [4.78, 5) is 35.5. The first kappa shape index (κ1) is 22.1. The maximum absolute atomic E-state index is 12.3. The van der Waals surface area contributed by atoms with Gasteiger partial charge in [-0.05, 0) is 86.5 Å². The first-order chi connectivity index (χ1) is 15.0. The van der Waals surface area contributed by atoms with Gasteiger partial charge < -0.3 is 19.7 Å². The van der Waals surface area contributed by atoms with E-state index in [2.05, 4.69) is 13.8 Å². The molecule has 1 aliphatic heterocycles. The zero-order valence-corrected chi connectivity index (χ0v) is 19.1. The predicted molar refractivity (Wildman–Crippen MR) is 114 cm³/mol. The molecular weight excluding hydrogens is 412 g/mol. The summed E-state index contributed by atoms with van der Waals surface area (Å²) in [6.45, 7) is 6.42. The summed E-state index contributed by atoms with van der Waals surface area (Å²) in [5.41, 5.74) is 1.32. The number of ketones is 1. The number of hydrogen-bond donors (Lipinski definition) is 2. The summed E-state index contributed by atoms with van der Waals surface area (Å²) in [7, 11) is 0. The zero-order chi connectivity index (χ0) is 23.1. The Morgan fingerprint density at radius 1 is 0.906 bits per heavy atom. The molecule has 0 aromatic heterocycles. The number of carboxylic acid groups (broad SMARTS) is 2. The molecule has 0 amide bonds. The second-order valence-corrected chi connectivity index (χ2v) is 11.4. The molecule has 3 saturated carbocycles. The third-order valence-corrected chi connectivity index (χ3v) is 10.0. The van der Waals surface area contributed by atoms with Crippen molar-refractivity contribution in [1.82, 2.24) is 0 Å². The maximum atomic E-state index is 12.3. The summed E-state index contributed by atoms with van der Waals surface area (Å²) in [5, 5.41) is 18.9. The van der Waals surface area contributed by atoms with Crippen LogP contribution >= 0.6 is 0 Å². The Bertz CT molecular complexity index is 871. The molecule has 8 atom stereocenters. The number of aliphatic carboxylic acids is 2. The highest BCUT2D eigenvalue weighted by Gasteiger charge is 2.62. The highest BCUT2D eigenvalue weighted by atomic mass is 16.8. The molecular formula is C25H34O7. The van der Waals surface area contributed by atoms with Gasteiger partial charge in [-0.15, -0.1) is 0 Å². The fourth-order valence-corrected chi connectivity index (χ4v) is 8.48. The van der Waals surface area contributed by atoms with Crippen LogP contribution in [-0.2, 0) is 23.9 Å². The van der Waals surface area contributed by atoms with Crippen LogP contribution in [0.15, 0.2) is 11.6 Å². The Kier molecular flexibility index (Phi) is 4.92. The van der Waals surface area contributed by atoms with Gasteiger partial charge in [-0.1, -0.05) is 19.4 Å². The van der Waals surface area contributed by atoms with Crippen LogP contribution in [0.1, 0.15) is 72.1 Å². The quantitative estimate of drug-likeness (QED) is 0.635. The van der Waals surface area contributed by atoms with Crippen molar-refractivity contribution in [3.63, 3.8) is 0 Å². The largest absolute Gasteiger partial charge is 0.479 e. The van der Waals surface area contributed by atoms with Crippen LogP contribution in [0, 0.1) is 34.5 Å². The SMILES string of the molecule is CC(=O)[C@H]1CC[C@H]2[C@@H]3CCC4=CC5(CC[C@]4(C)[C@H]3CC[C@]12C)OC(C(=O)O)C(C(=O)O)O5. The van der Waals surface area contributed by atoms with E-state index in [9.17, 15) is 24.6 Å². The number of allylic oxidation sites excluding steroid dienone is 1.